The fourth-order valence-electron chi connectivity index (χ4n) is 1.96. The Morgan fingerprint density at radius 1 is 1.14 bits per heavy atom. The van der Waals surface area contributed by atoms with Crippen molar-refractivity contribution < 1.29 is 14.3 Å². The molecule has 1 N–H and O–H groups in total. The number of hydrogen-bond donors (Lipinski definition) is 1. The van der Waals surface area contributed by atoms with Crippen LogP contribution in [0.5, 0.6) is 0 Å². The smallest absolute Gasteiger partial charge is 0.341 e. The highest BCUT2D eigenvalue weighted by atomic mass is 32.1. The summed E-state index contributed by atoms with van der Waals surface area (Å²) in [5, 5.41) is 4.17. The molecule has 21 heavy (non-hydrogen) atoms. The number of rotatable bonds is 3. The van der Waals surface area contributed by atoms with Crippen LogP contribution in [0.3, 0.4) is 0 Å². The van der Waals surface area contributed by atoms with Crippen molar-refractivity contribution >= 4 is 39.6 Å². The van der Waals surface area contributed by atoms with Crippen LogP contribution in [-0.2, 0) is 4.74 Å². The van der Waals surface area contributed by atoms with Crippen LogP contribution >= 0.6 is 22.7 Å². The van der Waals surface area contributed by atoms with E-state index in [-0.39, 0.29) is 5.91 Å². The number of anilines is 1. The molecule has 0 saturated carbocycles. The minimum atomic E-state index is -0.440. The molecule has 7 heteroatoms. The second-order valence-electron chi connectivity index (χ2n) is 4.58. The monoisotopic (exact) mass is 324 g/mol. The van der Waals surface area contributed by atoms with E-state index in [0.717, 1.165) is 15.4 Å². The molecule has 5 nitrogen and oxygen atoms in total. The second kappa shape index (κ2) is 5.95. The molecule has 0 unspecified atom stereocenters. The van der Waals surface area contributed by atoms with Crippen LogP contribution in [0.4, 0.5) is 5.00 Å². The zero-order valence-corrected chi connectivity index (χ0v) is 14.1. The van der Waals surface area contributed by atoms with Gasteiger partial charge in [0.05, 0.1) is 23.4 Å². The predicted octanol–water partition coefficient (Wildman–Crippen LogP) is 3.48. The van der Waals surface area contributed by atoms with Gasteiger partial charge in [-0.2, -0.15) is 0 Å². The highest BCUT2D eigenvalue weighted by Gasteiger charge is 2.23. The van der Waals surface area contributed by atoms with E-state index in [1.54, 1.807) is 6.92 Å². The van der Waals surface area contributed by atoms with E-state index in [0.29, 0.717) is 21.1 Å². The SMILES string of the molecule is COC(=O)c1c(NC(=O)c2sc(C)nc2C)sc(C)c1C. The molecule has 1 amide bonds. The lowest BCUT2D eigenvalue weighted by Crippen LogP contribution is -2.14. The van der Waals surface area contributed by atoms with Crippen molar-refractivity contribution in [2.75, 3.05) is 12.4 Å². The summed E-state index contributed by atoms with van der Waals surface area (Å²) in [6.45, 7) is 7.40. The third kappa shape index (κ3) is 2.98. The molecule has 2 aromatic rings. The van der Waals surface area contributed by atoms with Gasteiger partial charge in [-0.15, -0.1) is 22.7 Å². The van der Waals surface area contributed by atoms with Crippen molar-refractivity contribution in [3.63, 3.8) is 0 Å². The Labute approximate surface area is 131 Å². The van der Waals surface area contributed by atoms with E-state index in [4.69, 9.17) is 4.74 Å². The van der Waals surface area contributed by atoms with Gasteiger partial charge in [0.15, 0.2) is 0 Å². The van der Waals surface area contributed by atoms with Crippen LogP contribution in [0.25, 0.3) is 0 Å². The minimum Gasteiger partial charge on any atom is -0.465 e. The Balaban J connectivity index is 2.36. The molecule has 0 aliphatic carbocycles. The topological polar surface area (TPSA) is 68.3 Å². The van der Waals surface area contributed by atoms with E-state index in [1.807, 2.05) is 20.8 Å². The van der Waals surface area contributed by atoms with E-state index < -0.39 is 5.97 Å². The lowest BCUT2D eigenvalue weighted by molar-refractivity contribution is 0.0601. The number of amides is 1. The molecular weight excluding hydrogens is 308 g/mol. The lowest BCUT2D eigenvalue weighted by atomic mass is 10.1. The second-order valence-corrected chi connectivity index (χ2v) is 7.01. The molecule has 0 bridgehead atoms. The van der Waals surface area contributed by atoms with Gasteiger partial charge in [0.25, 0.3) is 5.91 Å². The average Bonchev–Trinajstić information content (AvgIpc) is 2.89. The number of aryl methyl sites for hydroxylation is 3. The standard InChI is InChI=1S/C14H16N2O3S2/c1-6-8(3)20-13(10(6)14(18)19-5)16-12(17)11-7(2)15-9(4)21-11/h1-5H3,(H,16,17). The number of thiazole rings is 1. The quantitative estimate of drug-likeness (QED) is 0.878. The summed E-state index contributed by atoms with van der Waals surface area (Å²) in [5.41, 5.74) is 1.95. The normalized spacial score (nSPS) is 10.5. The fourth-order valence-corrected chi connectivity index (χ4v) is 3.82. The van der Waals surface area contributed by atoms with Crippen LogP contribution in [0.15, 0.2) is 0 Å². The maximum absolute atomic E-state index is 12.3. The van der Waals surface area contributed by atoms with Crippen molar-refractivity contribution in [3.8, 4) is 0 Å². The van der Waals surface area contributed by atoms with Crippen molar-refractivity contribution in [2.45, 2.75) is 27.7 Å². The fraction of sp³-hybridized carbons (Fsp3) is 0.357. The third-order valence-corrected chi connectivity index (χ3v) is 5.31. The number of thiophene rings is 1. The van der Waals surface area contributed by atoms with E-state index >= 15 is 0 Å². The van der Waals surface area contributed by atoms with Gasteiger partial charge < -0.3 is 10.1 Å². The molecule has 0 spiro atoms. The Kier molecular flexibility index (Phi) is 4.43. The number of methoxy groups -OCH3 is 1. The van der Waals surface area contributed by atoms with Gasteiger partial charge in [0.1, 0.15) is 9.88 Å². The molecule has 0 saturated heterocycles. The summed E-state index contributed by atoms with van der Waals surface area (Å²) < 4.78 is 4.79. The van der Waals surface area contributed by atoms with E-state index in [1.165, 1.54) is 29.8 Å². The molecule has 0 atom stereocenters. The Morgan fingerprint density at radius 2 is 1.81 bits per heavy atom. The molecule has 2 rings (SSSR count). The summed E-state index contributed by atoms with van der Waals surface area (Å²) in [4.78, 5) is 30.0. The van der Waals surface area contributed by atoms with Crippen molar-refractivity contribution in [2.24, 2.45) is 0 Å². The zero-order valence-electron chi connectivity index (χ0n) is 12.5. The number of esters is 1. The van der Waals surface area contributed by atoms with Crippen LogP contribution < -0.4 is 5.32 Å². The molecule has 0 fully saturated rings. The maximum atomic E-state index is 12.3. The number of nitrogens with one attached hydrogen (secondary N) is 1. The zero-order chi connectivity index (χ0) is 15.7. The number of nitrogens with zero attached hydrogens (tertiary/aromatic N) is 1. The van der Waals surface area contributed by atoms with Gasteiger partial charge in [-0.3, -0.25) is 4.79 Å². The Hall–Kier alpha value is -1.73. The number of ether oxygens (including phenoxy) is 1. The molecular formula is C14H16N2O3S2. The molecule has 0 aliphatic rings. The molecule has 2 heterocycles. The van der Waals surface area contributed by atoms with Gasteiger partial charge in [-0.1, -0.05) is 0 Å². The van der Waals surface area contributed by atoms with E-state index in [9.17, 15) is 9.59 Å². The number of aromatic nitrogens is 1. The van der Waals surface area contributed by atoms with Crippen LogP contribution in [0.1, 0.15) is 41.2 Å². The van der Waals surface area contributed by atoms with Crippen molar-refractivity contribution in [1.29, 1.82) is 0 Å². The Bertz CT molecular complexity index is 716. The first-order chi connectivity index (χ1) is 9.85. The molecule has 0 radical (unpaired) electrons. The number of carbonyl (C=O) groups is 2. The van der Waals surface area contributed by atoms with Gasteiger partial charge in [-0.05, 0) is 33.3 Å². The van der Waals surface area contributed by atoms with Gasteiger partial charge in [0.2, 0.25) is 0 Å². The van der Waals surface area contributed by atoms with Crippen LogP contribution in [0, 0.1) is 27.7 Å². The third-order valence-electron chi connectivity index (χ3n) is 3.11. The highest BCUT2D eigenvalue weighted by molar-refractivity contribution is 7.17. The first-order valence-electron chi connectivity index (χ1n) is 6.28. The van der Waals surface area contributed by atoms with Gasteiger partial charge in [0, 0.05) is 4.88 Å². The first kappa shape index (κ1) is 15.7. The summed E-state index contributed by atoms with van der Waals surface area (Å²) in [5.74, 6) is -0.686. The minimum absolute atomic E-state index is 0.246. The summed E-state index contributed by atoms with van der Waals surface area (Å²) >= 11 is 2.71. The molecule has 0 aliphatic heterocycles. The summed E-state index contributed by atoms with van der Waals surface area (Å²) in [6.07, 6.45) is 0. The first-order valence-corrected chi connectivity index (χ1v) is 7.92. The molecule has 2 aromatic heterocycles. The maximum Gasteiger partial charge on any atom is 0.341 e. The summed E-state index contributed by atoms with van der Waals surface area (Å²) in [6, 6.07) is 0. The van der Waals surface area contributed by atoms with E-state index in [2.05, 4.69) is 10.3 Å². The Morgan fingerprint density at radius 3 is 2.33 bits per heavy atom. The van der Waals surface area contributed by atoms with Gasteiger partial charge >= 0.3 is 5.97 Å². The summed E-state index contributed by atoms with van der Waals surface area (Å²) in [7, 11) is 1.33. The lowest BCUT2D eigenvalue weighted by Gasteiger charge is -2.05. The number of carbonyl (C=O) groups excluding carboxylic acids is 2. The van der Waals surface area contributed by atoms with Crippen molar-refractivity contribution in [3.05, 3.63) is 31.6 Å². The number of hydrogen-bond acceptors (Lipinski definition) is 6. The highest BCUT2D eigenvalue weighted by Crippen LogP contribution is 2.33. The average molecular weight is 324 g/mol. The largest absolute Gasteiger partial charge is 0.465 e. The van der Waals surface area contributed by atoms with Gasteiger partial charge in [-0.25, -0.2) is 9.78 Å². The van der Waals surface area contributed by atoms with Crippen LogP contribution in [0.2, 0.25) is 0 Å². The van der Waals surface area contributed by atoms with Crippen LogP contribution in [-0.4, -0.2) is 24.0 Å². The molecule has 0 aromatic carbocycles. The molecule has 112 valence electrons. The predicted molar refractivity (Wildman–Crippen MR) is 84.7 cm³/mol. The van der Waals surface area contributed by atoms with Crippen molar-refractivity contribution in [1.82, 2.24) is 4.98 Å².